The number of primary amides is 1. The number of nitrogen functional groups attached to an aromatic ring is 1. The summed E-state index contributed by atoms with van der Waals surface area (Å²) < 4.78 is 8.79. The van der Waals surface area contributed by atoms with Gasteiger partial charge in [0.15, 0.2) is 0 Å². The van der Waals surface area contributed by atoms with E-state index in [0.717, 1.165) is 8.95 Å². The summed E-state index contributed by atoms with van der Waals surface area (Å²) in [6.45, 7) is 0. The number of ether oxygens (including phenoxy) is 1. The molecule has 0 bridgehead atoms. The topological polar surface area (TPSA) is 150 Å². The molecule has 0 aliphatic carbocycles. The summed E-state index contributed by atoms with van der Waals surface area (Å²) in [5.41, 5.74) is 4.89. The Morgan fingerprint density at radius 3 is 2.40 bits per heavy atom. The van der Waals surface area contributed by atoms with Gasteiger partial charge in [0, 0.05) is 21.3 Å². The maximum atomic E-state index is 11.1. The number of aromatic amines is 1. The summed E-state index contributed by atoms with van der Waals surface area (Å²) in [7, 11) is 1.31. The van der Waals surface area contributed by atoms with Crippen molar-refractivity contribution in [2.24, 2.45) is 5.73 Å². The number of hydrogen-bond donors (Lipinski definition) is 3. The SMILES string of the molecule is COC(=O)c1cc(Br)cn1N.NC=O.O=c1[nH]cnn2cc(Br)cc12. The lowest BCUT2D eigenvalue weighted by Crippen LogP contribution is -2.15. The van der Waals surface area contributed by atoms with Crippen LogP contribution in [0.1, 0.15) is 10.5 Å². The largest absolute Gasteiger partial charge is 0.464 e. The van der Waals surface area contributed by atoms with Crippen LogP contribution in [0.15, 0.2) is 44.6 Å². The molecule has 0 aromatic carbocycles. The number of nitrogens with two attached hydrogens (primary N) is 2. The average Bonchev–Trinajstić information content (AvgIpc) is 3.10. The van der Waals surface area contributed by atoms with Crippen LogP contribution in [0.25, 0.3) is 5.52 Å². The van der Waals surface area contributed by atoms with Gasteiger partial charge in [-0.3, -0.25) is 14.3 Å². The van der Waals surface area contributed by atoms with Gasteiger partial charge >= 0.3 is 5.97 Å². The molecule has 3 heterocycles. The number of hydrogen-bond acceptors (Lipinski definition) is 6. The van der Waals surface area contributed by atoms with E-state index in [2.05, 4.69) is 52.4 Å². The van der Waals surface area contributed by atoms with Gasteiger partial charge in [-0.25, -0.2) is 9.31 Å². The summed E-state index contributed by atoms with van der Waals surface area (Å²) in [6.07, 6.45) is 4.92. The van der Waals surface area contributed by atoms with Crippen LogP contribution >= 0.6 is 31.9 Å². The van der Waals surface area contributed by atoms with Crippen LogP contribution < -0.4 is 17.1 Å². The molecule has 0 radical (unpaired) electrons. The van der Waals surface area contributed by atoms with Gasteiger partial charge in [-0.2, -0.15) is 5.10 Å². The van der Waals surface area contributed by atoms with Gasteiger partial charge in [-0.15, -0.1) is 0 Å². The molecule has 1 amide bonds. The molecular formula is C13H14Br2N6O4. The number of H-pyrrole nitrogens is 1. The highest BCUT2D eigenvalue weighted by atomic mass is 79.9. The van der Waals surface area contributed by atoms with Crippen molar-refractivity contribution in [1.82, 2.24) is 19.3 Å². The Morgan fingerprint density at radius 1 is 1.32 bits per heavy atom. The summed E-state index contributed by atoms with van der Waals surface area (Å²) in [6, 6.07) is 3.30. The number of halogens is 2. The minimum atomic E-state index is -0.446. The molecule has 10 nitrogen and oxygen atoms in total. The van der Waals surface area contributed by atoms with E-state index in [4.69, 9.17) is 10.6 Å². The molecule has 134 valence electrons. The van der Waals surface area contributed by atoms with Crippen LogP contribution in [0, 0.1) is 0 Å². The van der Waals surface area contributed by atoms with E-state index >= 15 is 0 Å². The van der Waals surface area contributed by atoms with Crippen LogP contribution in [0.3, 0.4) is 0 Å². The number of methoxy groups -OCH3 is 1. The number of nitrogens with zero attached hydrogens (tertiary/aromatic N) is 3. The minimum Gasteiger partial charge on any atom is -0.464 e. The van der Waals surface area contributed by atoms with Gasteiger partial charge in [-0.05, 0) is 44.0 Å². The zero-order chi connectivity index (χ0) is 19.0. The van der Waals surface area contributed by atoms with Crippen molar-refractivity contribution in [2.75, 3.05) is 13.0 Å². The number of aromatic nitrogens is 4. The molecule has 3 aromatic rings. The third-order valence-corrected chi connectivity index (χ3v) is 3.45. The monoisotopic (exact) mass is 476 g/mol. The average molecular weight is 478 g/mol. The molecule has 25 heavy (non-hydrogen) atoms. The number of fused-ring (bicyclic) bond motifs is 1. The second-order valence-electron chi connectivity index (χ2n) is 4.18. The molecule has 5 N–H and O–H groups in total. The van der Waals surface area contributed by atoms with E-state index in [-0.39, 0.29) is 12.0 Å². The Bertz CT molecular complexity index is 917. The number of rotatable bonds is 1. The fraction of sp³-hybridized carbons (Fsp3) is 0.0769. The Labute approximate surface area is 158 Å². The third kappa shape index (κ3) is 5.76. The fourth-order valence-corrected chi connectivity index (χ4v) is 2.47. The molecule has 3 rings (SSSR count). The molecule has 0 atom stereocenters. The molecule has 0 aliphatic heterocycles. The predicted molar refractivity (Wildman–Crippen MR) is 97.4 cm³/mol. The normalized spacial score (nSPS) is 9.40. The highest BCUT2D eigenvalue weighted by Crippen LogP contribution is 2.13. The molecule has 0 saturated carbocycles. The minimum absolute atomic E-state index is 0.134. The van der Waals surface area contributed by atoms with Gasteiger partial charge in [0.05, 0.1) is 7.11 Å². The fourth-order valence-electron chi connectivity index (χ4n) is 1.62. The zero-order valence-corrected chi connectivity index (χ0v) is 16.0. The van der Waals surface area contributed by atoms with Gasteiger partial charge in [0.2, 0.25) is 6.41 Å². The Kier molecular flexibility index (Phi) is 7.88. The molecule has 0 unspecified atom stereocenters. The number of carbonyl (C=O) groups excluding carboxylic acids is 2. The summed E-state index contributed by atoms with van der Waals surface area (Å²) in [4.78, 5) is 33.0. The second-order valence-corrected chi connectivity index (χ2v) is 6.02. The van der Waals surface area contributed by atoms with Crippen LogP contribution in [0.2, 0.25) is 0 Å². The first-order valence-electron chi connectivity index (χ1n) is 6.42. The van der Waals surface area contributed by atoms with Crippen molar-refractivity contribution < 1.29 is 14.3 Å². The highest BCUT2D eigenvalue weighted by Gasteiger charge is 2.10. The van der Waals surface area contributed by atoms with Crippen molar-refractivity contribution in [1.29, 1.82) is 0 Å². The van der Waals surface area contributed by atoms with Crippen molar-refractivity contribution in [3.8, 4) is 0 Å². The molecule has 0 spiro atoms. The maximum Gasteiger partial charge on any atom is 0.356 e. The lowest BCUT2D eigenvalue weighted by Gasteiger charge is -1.98. The molecular weight excluding hydrogens is 464 g/mol. The summed E-state index contributed by atoms with van der Waals surface area (Å²) in [5.74, 6) is 4.96. The quantitative estimate of drug-likeness (QED) is 0.266. The number of esters is 1. The van der Waals surface area contributed by atoms with Gasteiger partial charge < -0.3 is 21.3 Å². The van der Waals surface area contributed by atoms with E-state index in [1.165, 1.54) is 22.6 Å². The number of carbonyl (C=O) groups is 2. The second kappa shape index (κ2) is 9.64. The summed E-state index contributed by atoms with van der Waals surface area (Å²) in [5, 5.41) is 3.89. The maximum absolute atomic E-state index is 11.1. The Hall–Kier alpha value is -2.60. The Morgan fingerprint density at radius 2 is 1.92 bits per heavy atom. The van der Waals surface area contributed by atoms with E-state index in [1.807, 2.05) is 0 Å². The van der Waals surface area contributed by atoms with Crippen LogP contribution in [0.5, 0.6) is 0 Å². The van der Waals surface area contributed by atoms with E-state index in [9.17, 15) is 9.59 Å². The van der Waals surface area contributed by atoms with Crippen molar-refractivity contribution >= 4 is 49.8 Å². The smallest absolute Gasteiger partial charge is 0.356 e. The molecule has 12 heteroatoms. The van der Waals surface area contributed by atoms with E-state index in [0.29, 0.717) is 11.2 Å². The first-order valence-corrected chi connectivity index (χ1v) is 8.00. The summed E-state index contributed by atoms with van der Waals surface area (Å²) >= 11 is 6.42. The van der Waals surface area contributed by atoms with Crippen molar-refractivity contribution in [3.63, 3.8) is 0 Å². The predicted octanol–water partition coefficient (Wildman–Crippen LogP) is 0.638. The lowest BCUT2D eigenvalue weighted by molar-refractivity contribution is -0.106. The first kappa shape index (κ1) is 20.4. The molecule has 0 saturated heterocycles. The van der Waals surface area contributed by atoms with Crippen LogP contribution in [0.4, 0.5) is 0 Å². The first-order chi connectivity index (χ1) is 11.8. The van der Waals surface area contributed by atoms with Crippen molar-refractivity contribution in [3.05, 3.63) is 55.8 Å². The van der Waals surface area contributed by atoms with Gasteiger partial charge in [-0.1, -0.05) is 0 Å². The molecule has 3 aromatic heterocycles. The lowest BCUT2D eigenvalue weighted by atomic mass is 10.4. The van der Waals surface area contributed by atoms with Gasteiger partial charge in [0.25, 0.3) is 5.56 Å². The standard InChI is InChI=1S/C6H4BrN3O.C6H7BrN2O2.CH3NO/c7-4-1-5-6(11)8-3-9-10(5)2-4;1-11-6(10)5-2-4(7)3-9(5)8;2-1-3/h1-3H,(H,8,9,11);2-3H,8H2,1H3;1H,(H2,2,3). The third-order valence-electron chi connectivity index (χ3n) is 2.59. The molecule has 0 aliphatic rings. The van der Waals surface area contributed by atoms with E-state index in [1.54, 1.807) is 24.5 Å². The van der Waals surface area contributed by atoms with Crippen LogP contribution in [-0.4, -0.2) is 38.8 Å². The highest BCUT2D eigenvalue weighted by molar-refractivity contribution is 9.10. The van der Waals surface area contributed by atoms with Crippen molar-refractivity contribution in [2.45, 2.75) is 0 Å². The van der Waals surface area contributed by atoms with E-state index < -0.39 is 5.97 Å². The number of nitrogens with one attached hydrogen (secondary N) is 1. The van der Waals surface area contributed by atoms with Gasteiger partial charge in [0.1, 0.15) is 17.5 Å². The zero-order valence-electron chi connectivity index (χ0n) is 12.8. The van der Waals surface area contributed by atoms with Crippen LogP contribution in [-0.2, 0) is 9.53 Å². The molecule has 0 fully saturated rings. The number of amides is 1. The Balaban J connectivity index is 0.000000217.